The highest BCUT2D eigenvalue weighted by molar-refractivity contribution is 5.85. The van der Waals surface area contributed by atoms with E-state index in [2.05, 4.69) is 22.0 Å². The van der Waals surface area contributed by atoms with E-state index in [-0.39, 0.29) is 24.8 Å². The minimum atomic E-state index is 0. The SMILES string of the molecule is CC1CN(CCN2CCOCC2)CCN1.Cl.Cl. The van der Waals surface area contributed by atoms with Gasteiger partial charge in [0.1, 0.15) is 0 Å². The lowest BCUT2D eigenvalue weighted by Crippen LogP contribution is -2.51. The van der Waals surface area contributed by atoms with Gasteiger partial charge in [-0.05, 0) is 6.92 Å². The average molecular weight is 286 g/mol. The van der Waals surface area contributed by atoms with Crippen molar-refractivity contribution in [3.63, 3.8) is 0 Å². The van der Waals surface area contributed by atoms with Gasteiger partial charge in [-0.15, -0.1) is 24.8 Å². The Morgan fingerprint density at radius 1 is 1.06 bits per heavy atom. The smallest absolute Gasteiger partial charge is 0.0594 e. The maximum atomic E-state index is 5.34. The van der Waals surface area contributed by atoms with Crippen LogP contribution in [-0.2, 0) is 4.74 Å². The molecule has 0 aliphatic carbocycles. The topological polar surface area (TPSA) is 27.7 Å². The molecule has 104 valence electrons. The summed E-state index contributed by atoms with van der Waals surface area (Å²) in [6, 6.07) is 0.656. The molecular formula is C11H25Cl2N3O. The molecule has 1 atom stereocenters. The molecule has 4 nitrogen and oxygen atoms in total. The summed E-state index contributed by atoms with van der Waals surface area (Å²) in [5.41, 5.74) is 0. The molecule has 0 spiro atoms. The third-order valence-corrected chi connectivity index (χ3v) is 3.29. The molecule has 0 aromatic carbocycles. The highest BCUT2D eigenvalue weighted by atomic mass is 35.5. The third-order valence-electron chi connectivity index (χ3n) is 3.29. The van der Waals surface area contributed by atoms with Crippen LogP contribution in [0.2, 0.25) is 0 Å². The van der Waals surface area contributed by atoms with Crippen LogP contribution in [0.1, 0.15) is 6.92 Å². The minimum absolute atomic E-state index is 0. The largest absolute Gasteiger partial charge is 0.379 e. The summed E-state index contributed by atoms with van der Waals surface area (Å²) >= 11 is 0. The molecule has 0 amide bonds. The first-order valence-corrected chi connectivity index (χ1v) is 6.10. The molecule has 17 heavy (non-hydrogen) atoms. The average Bonchev–Trinajstić information content (AvgIpc) is 2.28. The molecule has 0 bridgehead atoms. The van der Waals surface area contributed by atoms with Crippen molar-refractivity contribution >= 4 is 24.8 Å². The lowest BCUT2D eigenvalue weighted by atomic mass is 10.2. The molecule has 0 aromatic heterocycles. The normalized spacial score (nSPS) is 27.0. The van der Waals surface area contributed by atoms with Gasteiger partial charge in [-0.2, -0.15) is 0 Å². The van der Waals surface area contributed by atoms with Gasteiger partial charge in [0.05, 0.1) is 13.2 Å². The first-order valence-electron chi connectivity index (χ1n) is 6.10. The predicted octanol–water partition coefficient (Wildman–Crippen LogP) is 0.456. The van der Waals surface area contributed by atoms with Crippen molar-refractivity contribution in [2.24, 2.45) is 0 Å². The fourth-order valence-corrected chi connectivity index (χ4v) is 2.32. The fraction of sp³-hybridized carbons (Fsp3) is 1.00. The number of nitrogens with one attached hydrogen (secondary N) is 1. The van der Waals surface area contributed by atoms with Crippen molar-refractivity contribution in [1.29, 1.82) is 0 Å². The molecule has 2 saturated heterocycles. The van der Waals surface area contributed by atoms with E-state index in [9.17, 15) is 0 Å². The van der Waals surface area contributed by atoms with Crippen LogP contribution in [0.25, 0.3) is 0 Å². The van der Waals surface area contributed by atoms with E-state index in [1.807, 2.05) is 0 Å². The van der Waals surface area contributed by atoms with E-state index in [4.69, 9.17) is 4.74 Å². The van der Waals surface area contributed by atoms with Crippen LogP contribution in [0.5, 0.6) is 0 Å². The van der Waals surface area contributed by atoms with Crippen molar-refractivity contribution in [3.05, 3.63) is 0 Å². The van der Waals surface area contributed by atoms with Crippen LogP contribution in [0.15, 0.2) is 0 Å². The Balaban J connectivity index is 0.00000128. The summed E-state index contributed by atoms with van der Waals surface area (Å²) in [7, 11) is 0. The second-order valence-corrected chi connectivity index (χ2v) is 4.61. The molecule has 2 aliphatic heterocycles. The summed E-state index contributed by atoms with van der Waals surface area (Å²) in [6.07, 6.45) is 0. The maximum absolute atomic E-state index is 5.34. The highest BCUT2D eigenvalue weighted by Gasteiger charge is 2.16. The fourth-order valence-electron chi connectivity index (χ4n) is 2.32. The third kappa shape index (κ3) is 6.22. The summed E-state index contributed by atoms with van der Waals surface area (Å²) in [6.45, 7) is 12.3. The number of halogens is 2. The van der Waals surface area contributed by atoms with Crippen molar-refractivity contribution in [2.75, 3.05) is 59.0 Å². The van der Waals surface area contributed by atoms with Crippen molar-refractivity contribution in [2.45, 2.75) is 13.0 Å². The van der Waals surface area contributed by atoms with E-state index in [1.165, 1.54) is 26.2 Å². The van der Waals surface area contributed by atoms with Crippen LogP contribution in [0, 0.1) is 0 Å². The van der Waals surface area contributed by atoms with Gasteiger partial charge in [-0.3, -0.25) is 9.80 Å². The number of rotatable bonds is 3. The predicted molar refractivity (Wildman–Crippen MR) is 75.7 cm³/mol. The van der Waals surface area contributed by atoms with Crippen LogP contribution in [-0.4, -0.2) is 74.9 Å². The molecule has 2 heterocycles. The Morgan fingerprint density at radius 3 is 2.35 bits per heavy atom. The number of hydrogen-bond acceptors (Lipinski definition) is 4. The Labute approximate surface area is 117 Å². The van der Waals surface area contributed by atoms with E-state index in [1.54, 1.807) is 0 Å². The number of morpholine rings is 1. The lowest BCUT2D eigenvalue weighted by molar-refractivity contribution is 0.0320. The Morgan fingerprint density at radius 2 is 1.71 bits per heavy atom. The zero-order valence-electron chi connectivity index (χ0n) is 10.6. The van der Waals surface area contributed by atoms with E-state index in [0.29, 0.717) is 6.04 Å². The van der Waals surface area contributed by atoms with Gasteiger partial charge in [0.15, 0.2) is 0 Å². The summed E-state index contributed by atoms with van der Waals surface area (Å²) in [5.74, 6) is 0. The Hall–Kier alpha value is 0.420. The van der Waals surface area contributed by atoms with Crippen LogP contribution in [0.3, 0.4) is 0 Å². The summed E-state index contributed by atoms with van der Waals surface area (Å²) in [5, 5.41) is 3.47. The monoisotopic (exact) mass is 285 g/mol. The molecule has 0 radical (unpaired) electrons. The molecule has 0 aromatic rings. The van der Waals surface area contributed by atoms with Crippen molar-refractivity contribution in [1.82, 2.24) is 15.1 Å². The van der Waals surface area contributed by atoms with Gasteiger partial charge in [0.2, 0.25) is 0 Å². The zero-order chi connectivity index (χ0) is 10.5. The number of ether oxygens (including phenoxy) is 1. The van der Waals surface area contributed by atoms with E-state index < -0.39 is 0 Å². The number of hydrogen-bond donors (Lipinski definition) is 1. The second-order valence-electron chi connectivity index (χ2n) is 4.61. The van der Waals surface area contributed by atoms with Gasteiger partial charge < -0.3 is 10.1 Å². The van der Waals surface area contributed by atoms with Crippen LogP contribution < -0.4 is 5.32 Å². The molecule has 6 heteroatoms. The zero-order valence-corrected chi connectivity index (χ0v) is 12.2. The van der Waals surface area contributed by atoms with Crippen LogP contribution in [0.4, 0.5) is 0 Å². The first kappa shape index (κ1) is 17.4. The molecule has 2 rings (SSSR count). The molecule has 2 fully saturated rings. The quantitative estimate of drug-likeness (QED) is 0.815. The Bertz CT molecular complexity index is 192. The van der Waals surface area contributed by atoms with E-state index in [0.717, 1.165) is 32.8 Å². The molecule has 1 N–H and O–H groups in total. The Kier molecular flexibility index (Phi) is 9.59. The van der Waals surface area contributed by atoms with E-state index >= 15 is 0 Å². The summed E-state index contributed by atoms with van der Waals surface area (Å²) in [4.78, 5) is 5.08. The number of nitrogens with zero attached hydrogens (tertiary/aromatic N) is 2. The maximum Gasteiger partial charge on any atom is 0.0594 e. The molecule has 2 aliphatic rings. The van der Waals surface area contributed by atoms with Gasteiger partial charge in [0.25, 0.3) is 0 Å². The first-order chi connectivity index (χ1) is 7.34. The van der Waals surface area contributed by atoms with Crippen molar-refractivity contribution < 1.29 is 4.74 Å². The van der Waals surface area contributed by atoms with Gasteiger partial charge in [-0.1, -0.05) is 0 Å². The van der Waals surface area contributed by atoms with Gasteiger partial charge in [0, 0.05) is 51.9 Å². The standard InChI is InChI=1S/C11H23N3O.2ClH/c1-11-10-14(3-2-12-11)5-4-13-6-8-15-9-7-13;;/h11-12H,2-10H2,1H3;2*1H. The van der Waals surface area contributed by atoms with Crippen molar-refractivity contribution in [3.8, 4) is 0 Å². The molecule has 1 unspecified atom stereocenters. The molecular weight excluding hydrogens is 261 g/mol. The van der Waals surface area contributed by atoms with Gasteiger partial charge in [-0.25, -0.2) is 0 Å². The minimum Gasteiger partial charge on any atom is -0.379 e. The van der Waals surface area contributed by atoms with Crippen LogP contribution >= 0.6 is 24.8 Å². The number of piperazine rings is 1. The summed E-state index contributed by atoms with van der Waals surface area (Å²) < 4.78 is 5.34. The second kappa shape index (κ2) is 9.36. The highest BCUT2D eigenvalue weighted by Crippen LogP contribution is 2.01. The van der Waals surface area contributed by atoms with Gasteiger partial charge >= 0.3 is 0 Å². The molecule has 0 saturated carbocycles. The lowest BCUT2D eigenvalue weighted by Gasteiger charge is -2.34.